The number of aryl methyl sites for hydroxylation is 1. The number of rotatable bonds is 3. The van der Waals surface area contributed by atoms with Crippen LogP contribution < -0.4 is 5.73 Å². The molecule has 0 unspecified atom stereocenters. The number of anilines is 1. The maximum atomic E-state index is 11.8. The van der Waals surface area contributed by atoms with Crippen molar-refractivity contribution in [2.45, 2.75) is 13.8 Å². The SMILES string of the molecule is CCOC(=O)c1cn(-c2ccc3[nH]cc(N)c3c2)nc1C. The van der Waals surface area contributed by atoms with Gasteiger partial charge in [0.15, 0.2) is 0 Å². The van der Waals surface area contributed by atoms with Crippen molar-refractivity contribution in [3.05, 3.63) is 41.9 Å². The number of H-pyrrole nitrogens is 1. The number of nitrogens with zero attached hydrogens (tertiary/aromatic N) is 2. The number of carbonyl (C=O) groups is 1. The zero-order valence-electron chi connectivity index (χ0n) is 11.9. The molecule has 6 nitrogen and oxygen atoms in total. The van der Waals surface area contributed by atoms with Crippen LogP contribution in [0.25, 0.3) is 16.6 Å². The highest BCUT2D eigenvalue weighted by Gasteiger charge is 2.15. The van der Waals surface area contributed by atoms with E-state index in [2.05, 4.69) is 10.1 Å². The second-order valence-corrected chi connectivity index (χ2v) is 4.77. The number of hydrogen-bond acceptors (Lipinski definition) is 4. The van der Waals surface area contributed by atoms with E-state index in [-0.39, 0.29) is 5.97 Å². The van der Waals surface area contributed by atoms with Crippen LogP contribution in [0.1, 0.15) is 23.0 Å². The first-order valence-corrected chi connectivity index (χ1v) is 6.70. The molecule has 0 spiro atoms. The van der Waals surface area contributed by atoms with E-state index in [1.807, 2.05) is 18.2 Å². The molecule has 0 amide bonds. The fourth-order valence-corrected chi connectivity index (χ4v) is 2.27. The van der Waals surface area contributed by atoms with Crippen molar-refractivity contribution in [2.75, 3.05) is 12.3 Å². The molecule has 0 aliphatic rings. The second kappa shape index (κ2) is 4.97. The number of fused-ring (bicyclic) bond motifs is 1. The molecule has 0 aliphatic carbocycles. The Hall–Kier alpha value is -2.76. The molecule has 1 aromatic carbocycles. The number of nitrogen functional groups attached to an aromatic ring is 1. The van der Waals surface area contributed by atoms with Crippen molar-refractivity contribution in [2.24, 2.45) is 0 Å². The van der Waals surface area contributed by atoms with Gasteiger partial charge in [0, 0.05) is 23.3 Å². The van der Waals surface area contributed by atoms with Crippen molar-refractivity contribution in [3.63, 3.8) is 0 Å². The zero-order chi connectivity index (χ0) is 15.0. The summed E-state index contributed by atoms with van der Waals surface area (Å²) < 4.78 is 6.68. The number of benzene rings is 1. The van der Waals surface area contributed by atoms with Crippen molar-refractivity contribution >= 4 is 22.6 Å². The maximum absolute atomic E-state index is 11.8. The molecule has 0 saturated carbocycles. The minimum atomic E-state index is -0.358. The normalized spacial score (nSPS) is 11.0. The summed E-state index contributed by atoms with van der Waals surface area (Å²) >= 11 is 0. The van der Waals surface area contributed by atoms with Gasteiger partial charge in [-0.3, -0.25) is 0 Å². The average molecular weight is 284 g/mol. The Morgan fingerprint density at radius 1 is 1.48 bits per heavy atom. The van der Waals surface area contributed by atoms with E-state index in [1.165, 1.54) is 0 Å². The number of ether oxygens (including phenoxy) is 1. The van der Waals surface area contributed by atoms with E-state index >= 15 is 0 Å². The Morgan fingerprint density at radius 3 is 3.05 bits per heavy atom. The summed E-state index contributed by atoms with van der Waals surface area (Å²) in [5, 5.41) is 5.30. The first kappa shape index (κ1) is 13.2. The second-order valence-electron chi connectivity index (χ2n) is 4.77. The summed E-state index contributed by atoms with van der Waals surface area (Å²) in [5.74, 6) is -0.358. The minimum absolute atomic E-state index is 0.343. The predicted molar refractivity (Wildman–Crippen MR) is 80.5 cm³/mol. The monoisotopic (exact) mass is 284 g/mol. The van der Waals surface area contributed by atoms with Gasteiger partial charge in [-0.25, -0.2) is 9.48 Å². The van der Waals surface area contributed by atoms with Crippen LogP contribution in [0.4, 0.5) is 5.69 Å². The Balaban J connectivity index is 2.04. The standard InChI is InChI=1S/C15H16N4O2/c1-3-21-15(20)12-8-19(18-9(12)2)10-4-5-14-11(6-10)13(16)7-17-14/h4-8,17H,3,16H2,1-2H3. The van der Waals surface area contributed by atoms with Gasteiger partial charge in [-0.05, 0) is 32.0 Å². The molecule has 21 heavy (non-hydrogen) atoms. The lowest BCUT2D eigenvalue weighted by Gasteiger charge is -2.02. The van der Waals surface area contributed by atoms with E-state index in [0.717, 1.165) is 16.6 Å². The smallest absolute Gasteiger partial charge is 0.341 e. The van der Waals surface area contributed by atoms with Crippen LogP contribution >= 0.6 is 0 Å². The predicted octanol–water partition coefficient (Wildman–Crippen LogP) is 2.42. The minimum Gasteiger partial charge on any atom is -0.462 e. The van der Waals surface area contributed by atoms with Crippen LogP contribution in [-0.4, -0.2) is 27.3 Å². The van der Waals surface area contributed by atoms with E-state index in [1.54, 1.807) is 30.9 Å². The summed E-state index contributed by atoms with van der Waals surface area (Å²) in [4.78, 5) is 14.9. The summed E-state index contributed by atoms with van der Waals surface area (Å²) in [6.45, 7) is 3.90. The zero-order valence-corrected chi connectivity index (χ0v) is 11.9. The van der Waals surface area contributed by atoms with Crippen LogP contribution in [-0.2, 0) is 4.74 Å². The quantitative estimate of drug-likeness (QED) is 0.723. The molecule has 108 valence electrons. The lowest BCUT2D eigenvalue weighted by molar-refractivity contribution is 0.0525. The Labute approximate surface area is 121 Å². The van der Waals surface area contributed by atoms with Crippen LogP contribution in [0.5, 0.6) is 0 Å². The van der Waals surface area contributed by atoms with Gasteiger partial charge in [0.2, 0.25) is 0 Å². The van der Waals surface area contributed by atoms with Crippen molar-refractivity contribution < 1.29 is 9.53 Å². The highest BCUT2D eigenvalue weighted by Crippen LogP contribution is 2.23. The third-order valence-corrected chi connectivity index (χ3v) is 3.36. The molecule has 2 heterocycles. The van der Waals surface area contributed by atoms with E-state index < -0.39 is 0 Å². The number of nitrogens with two attached hydrogens (primary N) is 1. The largest absolute Gasteiger partial charge is 0.462 e. The molecule has 0 bridgehead atoms. The summed E-state index contributed by atoms with van der Waals surface area (Å²) in [6, 6.07) is 5.78. The molecular weight excluding hydrogens is 268 g/mol. The lowest BCUT2D eigenvalue weighted by Crippen LogP contribution is -2.04. The van der Waals surface area contributed by atoms with Gasteiger partial charge in [-0.15, -0.1) is 0 Å². The summed E-state index contributed by atoms with van der Waals surface area (Å²) in [6.07, 6.45) is 3.43. The molecule has 2 aromatic heterocycles. The molecule has 0 aliphatic heterocycles. The third kappa shape index (κ3) is 2.24. The van der Waals surface area contributed by atoms with E-state index in [0.29, 0.717) is 23.6 Å². The van der Waals surface area contributed by atoms with Crippen LogP contribution in [0, 0.1) is 6.92 Å². The molecule has 0 fully saturated rings. The van der Waals surface area contributed by atoms with Crippen LogP contribution in [0.2, 0.25) is 0 Å². The van der Waals surface area contributed by atoms with Gasteiger partial charge in [0.05, 0.1) is 23.7 Å². The first-order valence-electron chi connectivity index (χ1n) is 6.70. The van der Waals surface area contributed by atoms with Crippen molar-refractivity contribution in [1.29, 1.82) is 0 Å². The van der Waals surface area contributed by atoms with Gasteiger partial charge < -0.3 is 15.5 Å². The van der Waals surface area contributed by atoms with Gasteiger partial charge in [-0.2, -0.15) is 5.10 Å². The topological polar surface area (TPSA) is 85.9 Å². The van der Waals surface area contributed by atoms with Gasteiger partial charge in [-0.1, -0.05) is 0 Å². The maximum Gasteiger partial charge on any atom is 0.341 e. The Kier molecular flexibility index (Phi) is 3.13. The number of aromatic amines is 1. The number of carbonyl (C=O) groups excluding carboxylic acids is 1. The van der Waals surface area contributed by atoms with Crippen molar-refractivity contribution in [3.8, 4) is 5.69 Å². The first-order chi connectivity index (χ1) is 10.1. The number of hydrogen-bond donors (Lipinski definition) is 2. The Bertz CT molecular complexity index is 816. The molecular formula is C15H16N4O2. The van der Waals surface area contributed by atoms with E-state index in [9.17, 15) is 4.79 Å². The number of esters is 1. The van der Waals surface area contributed by atoms with Gasteiger partial charge in [0.25, 0.3) is 0 Å². The molecule has 3 aromatic rings. The highest BCUT2D eigenvalue weighted by molar-refractivity contribution is 5.93. The lowest BCUT2D eigenvalue weighted by atomic mass is 10.2. The number of nitrogens with one attached hydrogen (secondary N) is 1. The molecule has 3 N–H and O–H groups in total. The molecule has 0 atom stereocenters. The van der Waals surface area contributed by atoms with Crippen molar-refractivity contribution in [1.82, 2.24) is 14.8 Å². The fraction of sp³-hybridized carbons (Fsp3) is 0.200. The average Bonchev–Trinajstić information content (AvgIpc) is 3.03. The van der Waals surface area contributed by atoms with Crippen LogP contribution in [0.15, 0.2) is 30.6 Å². The molecule has 6 heteroatoms. The summed E-state index contributed by atoms with van der Waals surface area (Å²) in [7, 11) is 0. The van der Waals surface area contributed by atoms with Gasteiger partial charge in [0.1, 0.15) is 5.56 Å². The molecule has 0 radical (unpaired) electrons. The van der Waals surface area contributed by atoms with E-state index in [4.69, 9.17) is 10.5 Å². The Morgan fingerprint density at radius 2 is 2.29 bits per heavy atom. The summed E-state index contributed by atoms with van der Waals surface area (Å²) in [5.41, 5.74) is 9.50. The third-order valence-electron chi connectivity index (χ3n) is 3.36. The van der Waals surface area contributed by atoms with Crippen LogP contribution in [0.3, 0.4) is 0 Å². The highest BCUT2D eigenvalue weighted by atomic mass is 16.5. The fourth-order valence-electron chi connectivity index (χ4n) is 2.27. The number of aromatic nitrogens is 3. The molecule has 0 saturated heterocycles. The molecule has 3 rings (SSSR count). The van der Waals surface area contributed by atoms with Gasteiger partial charge >= 0.3 is 5.97 Å².